The van der Waals surface area contributed by atoms with Crippen LogP contribution in [0.2, 0.25) is 0 Å². The SMILES string of the molecule is CCOc1c(Br)cc(CNCC2(C(C)C)CC2)cc1OC. The summed E-state index contributed by atoms with van der Waals surface area (Å²) < 4.78 is 12.0. The van der Waals surface area contributed by atoms with Gasteiger partial charge in [-0.1, -0.05) is 13.8 Å². The second-order valence-electron chi connectivity index (χ2n) is 6.16. The lowest BCUT2D eigenvalue weighted by Gasteiger charge is -2.20. The number of benzene rings is 1. The number of hydrogen-bond acceptors (Lipinski definition) is 3. The highest BCUT2D eigenvalue weighted by Crippen LogP contribution is 2.51. The van der Waals surface area contributed by atoms with Crippen LogP contribution in [0.15, 0.2) is 16.6 Å². The lowest BCUT2D eigenvalue weighted by molar-refractivity contribution is 0.308. The van der Waals surface area contributed by atoms with Gasteiger partial charge in [0, 0.05) is 13.1 Å². The summed E-state index contributed by atoms with van der Waals surface area (Å²) >= 11 is 3.57. The van der Waals surface area contributed by atoms with Gasteiger partial charge in [-0.15, -0.1) is 0 Å². The summed E-state index contributed by atoms with van der Waals surface area (Å²) in [6.45, 7) is 9.20. The van der Waals surface area contributed by atoms with Gasteiger partial charge < -0.3 is 14.8 Å². The van der Waals surface area contributed by atoms with Gasteiger partial charge in [-0.2, -0.15) is 0 Å². The normalized spacial score (nSPS) is 16.1. The molecule has 4 heteroatoms. The van der Waals surface area contributed by atoms with Crippen LogP contribution in [0.25, 0.3) is 0 Å². The summed E-state index contributed by atoms with van der Waals surface area (Å²) in [7, 11) is 1.68. The summed E-state index contributed by atoms with van der Waals surface area (Å²) in [6, 6.07) is 4.16. The summed E-state index contributed by atoms with van der Waals surface area (Å²) in [6.07, 6.45) is 2.71. The fraction of sp³-hybridized carbons (Fsp3) is 0.647. The number of ether oxygens (including phenoxy) is 2. The minimum Gasteiger partial charge on any atom is -0.493 e. The molecule has 21 heavy (non-hydrogen) atoms. The predicted molar refractivity (Wildman–Crippen MR) is 90.1 cm³/mol. The van der Waals surface area contributed by atoms with Gasteiger partial charge in [0.1, 0.15) is 0 Å². The molecule has 0 heterocycles. The molecule has 0 radical (unpaired) electrons. The van der Waals surface area contributed by atoms with Crippen LogP contribution in [-0.4, -0.2) is 20.3 Å². The first-order valence-corrected chi connectivity index (χ1v) is 8.51. The first-order valence-electron chi connectivity index (χ1n) is 7.72. The van der Waals surface area contributed by atoms with Crippen molar-refractivity contribution >= 4 is 15.9 Å². The molecule has 0 bridgehead atoms. The smallest absolute Gasteiger partial charge is 0.175 e. The highest BCUT2D eigenvalue weighted by atomic mass is 79.9. The molecule has 0 aromatic heterocycles. The zero-order valence-corrected chi connectivity index (χ0v) is 15.0. The Bertz CT molecular complexity index is 484. The van der Waals surface area contributed by atoms with Gasteiger partial charge in [0.15, 0.2) is 11.5 Å². The zero-order valence-electron chi connectivity index (χ0n) is 13.5. The molecular formula is C17H26BrNO2. The summed E-state index contributed by atoms with van der Waals surface area (Å²) in [4.78, 5) is 0. The van der Waals surface area contributed by atoms with Crippen molar-refractivity contribution in [3.8, 4) is 11.5 Å². The Labute approximate surface area is 136 Å². The molecule has 1 N–H and O–H groups in total. The molecule has 1 aromatic carbocycles. The average molecular weight is 356 g/mol. The van der Waals surface area contributed by atoms with Gasteiger partial charge in [-0.05, 0) is 64.7 Å². The van der Waals surface area contributed by atoms with E-state index in [1.54, 1.807) is 7.11 Å². The molecule has 0 spiro atoms. The predicted octanol–water partition coefficient (Wildman–Crippen LogP) is 4.38. The van der Waals surface area contributed by atoms with E-state index in [9.17, 15) is 0 Å². The molecule has 0 unspecified atom stereocenters. The topological polar surface area (TPSA) is 30.5 Å². The third kappa shape index (κ3) is 3.92. The Morgan fingerprint density at radius 3 is 2.57 bits per heavy atom. The third-order valence-corrected chi connectivity index (χ3v) is 5.09. The number of halogens is 1. The van der Waals surface area contributed by atoms with Gasteiger partial charge in [0.05, 0.1) is 18.2 Å². The molecule has 1 aliphatic rings. The third-order valence-electron chi connectivity index (χ3n) is 4.50. The Balaban J connectivity index is 1.99. The van der Waals surface area contributed by atoms with Crippen LogP contribution in [-0.2, 0) is 6.54 Å². The van der Waals surface area contributed by atoms with E-state index < -0.39 is 0 Å². The Kier molecular flexibility index (Phi) is 5.55. The van der Waals surface area contributed by atoms with E-state index in [1.165, 1.54) is 18.4 Å². The van der Waals surface area contributed by atoms with Crippen molar-refractivity contribution in [3.63, 3.8) is 0 Å². The molecular weight excluding hydrogens is 330 g/mol. The summed E-state index contributed by atoms with van der Waals surface area (Å²) in [5, 5.41) is 3.60. The molecule has 118 valence electrons. The first kappa shape index (κ1) is 16.6. The Hall–Kier alpha value is -0.740. The van der Waals surface area contributed by atoms with E-state index in [0.29, 0.717) is 12.0 Å². The number of nitrogens with one attached hydrogen (secondary N) is 1. The second kappa shape index (κ2) is 7.01. The van der Waals surface area contributed by atoms with Crippen LogP contribution in [0.5, 0.6) is 11.5 Å². The van der Waals surface area contributed by atoms with Gasteiger partial charge >= 0.3 is 0 Å². The molecule has 1 fully saturated rings. The minimum atomic E-state index is 0.534. The maximum Gasteiger partial charge on any atom is 0.175 e. The van der Waals surface area contributed by atoms with Crippen molar-refractivity contribution in [1.29, 1.82) is 0 Å². The number of methoxy groups -OCH3 is 1. The maximum atomic E-state index is 5.62. The van der Waals surface area contributed by atoms with Crippen LogP contribution in [0.1, 0.15) is 39.2 Å². The molecule has 1 aliphatic carbocycles. The van der Waals surface area contributed by atoms with Crippen molar-refractivity contribution in [3.05, 3.63) is 22.2 Å². The summed E-state index contributed by atoms with van der Waals surface area (Å²) in [5.74, 6) is 2.32. The van der Waals surface area contributed by atoms with Crippen LogP contribution in [0.3, 0.4) is 0 Å². The Morgan fingerprint density at radius 2 is 2.05 bits per heavy atom. The van der Waals surface area contributed by atoms with Crippen LogP contribution >= 0.6 is 15.9 Å². The van der Waals surface area contributed by atoms with Crippen LogP contribution in [0.4, 0.5) is 0 Å². The highest BCUT2D eigenvalue weighted by molar-refractivity contribution is 9.10. The van der Waals surface area contributed by atoms with E-state index in [4.69, 9.17) is 9.47 Å². The lowest BCUT2D eigenvalue weighted by atomic mass is 9.92. The van der Waals surface area contributed by atoms with E-state index in [0.717, 1.165) is 35.0 Å². The molecule has 0 amide bonds. The Morgan fingerprint density at radius 1 is 1.33 bits per heavy atom. The van der Waals surface area contributed by atoms with Crippen LogP contribution < -0.4 is 14.8 Å². The van der Waals surface area contributed by atoms with Crippen molar-refractivity contribution in [2.75, 3.05) is 20.3 Å². The standard InChI is InChI=1S/C17H26BrNO2/c1-5-21-16-14(18)8-13(9-15(16)20-4)10-19-11-17(6-7-17)12(2)3/h8-9,12,19H,5-7,10-11H2,1-4H3. The molecule has 0 saturated heterocycles. The molecule has 2 rings (SSSR count). The molecule has 0 aliphatic heterocycles. The van der Waals surface area contributed by atoms with Gasteiger partial charge in [-0.25, -0.2) is 0 Å². The average Bonchev–Trinajstić information content (AvgIpc) is 3.22. The number of hydrogen-bond donors (Lipinski definition) is 1. The highest BCUT2D eigenvalue weighted by Gasteiger charge is 2.44. The van der Waals surface area contributed by atoms with E-state index >= 15 is 0 Å². The van der Waals surface area contributed by atoms with Crippen molar-refractivity contribution in [2.24, 2.45) is 11.3 Å². The van der Waals surface area contributed by atoms with E-state index in [1.807, 2.05) is 6.92 Å². The van der Waals surface area contributed by atoms with Gasteiger partial charge in [0.25, 0.3) is 0 Å². The largest absolute Gasteiger partial charge is 0.493 e. The van der Waals surface area contributed by atoms with Crippen LogP contribution in [0, 0.1) is 11.3 Å². The van der Waals surface area contributed by atoms with Gasteiger partial charge in [0.2, 0.25) is 0 Å². The quantitative estimate of drug-likeness (QED) is 0.750. The monoisotopic (exact) mass is 355 g/mol. The molecule has 0 atom stereocenters. The van der Waals surface area contributed by atoms with E-state index in [2.05, 4.69) is 47.2 Å². The van der Waals surface area contributed by atoms with Crippen molar-refractivity contribution < 1.29 is 9.47 Å². The van der Waals surface area contributed by atoms with Crippen molar-refractivity contribution in [1.82, 2.24) is 5.32 Å². The molecule has 1 aromatic rings. The lowest BCUT2D eigenvalue weighted by Crippen LogP contribution is -2.27. The van der Waals surface area contributed by atoms with Crippen molar-refractivity contribution in [2.45, 2.75) is 40.2 Å². The maximum absolute atomic E-state index is 5.62. The molecule has 1 saturated carbocycles. The summed E-state index contributed by atoms with van der Waals surface area (Å²) in [5.41, 5.74) is 1.74. The first-order chi connectivity index (χ1) is 10.0. The molecule has 3 nitrogen and oxygen atoms in total. The van der Waals surface area contributed by atoms with Gasteiger partial charge in [-0.3, -0.25) is 0 Å². The zero-order chi connectivity index (χ0) is 15.5. The minimum absolute atomic E-state index is 0.534. The number of rotatable bonds is 8. The fourth-order valence-electron chi connectivity index (χ4n) is 2.73. The van der Waals surface area contributed by atoms with E-state index in [-0.39, 0.29) is 0 Å². The fourth-order valence-corrected chi connectivity index (χ4v) is 3.34. The second-order valence-corrected chi connectivity index (χ2v) is 7.02.